The summed E-state index contributed by atoms with van der Waals surface area (Å²) in [4.78, 5) is 0. The predicted octanol–water partition coefficient (Wildman–Crippen LogP) is 1.18. The molecule has 0 aromatic rings. The Bertz CT molecular complexity index is 144. The quantitative estimate of drug-likeness (QED) is 0.538. The summed E-state index contributed by atoms with van der Waals surface area (Å²) in [5.41, 5.74) is 0. The number of thioether (sulfide) groups is 1. The van der Waals surface area contributed by atoms with Crippen LogP contribution in [0.25, 0.3) is 0 Å². The van der Waals surface area contributed by atoms with Crippen LogP contribution in [0.15, 0.2) is 24.3 Å². The van der Waals surface area contributed by atoms with Gasteiger partial charge in [-0.05, 0) is 0 Å². The first-order chi connectivity index (χ1) is 4.47. The molecule has 0 aromatic heterocycles. The molecule has 46 valence electrons. The van der Waals surface area contributed by atoms with E-state index in [2.05, 4.69) is 35.5 Å². The third-order valence-electron chi connectivity index (χ3n) is 1.50. The fourth-order valence-electron chi connectivity index (χ4n) is 1.000. The summed E-state index contributed by atoms with van der Waals surface area (Å²) in [6.07, 6.45) is 8.52. The second-order valence-electron chi connectivity index (χ2n) is 2.12. The molecule has 1 aliphatic carbocycles. The van der Waals surface area contributed by atoms with Crippen LogP contribution in [0.2, 0.25) is 0 Å². The van der Waals surface area contributed by atoms with E-state index in [1.165, 1.54) is 0 Å². The van der Waals surface area contributed by atoms with Crippen molar-refractivity contribution in [2.75, 3.05) is 0 Å². The van der Waals surface area contributed by atoms with Crippen LogP contribution in [-0.2, 0) is 0 Å². The molecule has 2 atom stereocenters. The van der Waals surface area contributed by atoms with Gasteiger partial charge in [0.25, 0.3) is 0 Å². The van der Waals surface area contributed by atoms with E-state index in [0.29, 0.717) is 11.3 Å². The zero-order valence-corrected chi connectivity index (χ0v) is 5.69. The van der Waals surface area contributed by atoms with Crippen LogP contribution in [0, 0.1) is 5.88 Å². The summed E-state index contributed by atoms with van der Waals surface area (Å²) < 4.78 is 0. The minimum atomic E-state index is 0.500. The van der Waals surface area contributed by atoms with Crippen LogP contribution < -0.4 is 5.32 Å². The Hall–Kier alpha value is -0.210. The molecule has 9 heavy (non-hydrogen) atoms. The van der Waals surface area contributed by atoms with Gasteiger partial charge in [0.2, 0.25) is 0 Å². The van der Waals surface area contributed by atoms with Gasteiger partial charge in [-0.2, -0.15) is 0 Å². The van der Waals surface area contributed by atoms with E-state index >= 15 is 0 Å². The standard InChI is InChI=1S/C7H7NS/c1-2-4-7-6(3-1)8-5-9-7/h1-4,6-8H. The maximum Gasteiger partial charge on any atom is 0.127 e. The van der Waals surface area contributed by atoms with Crippen LogP contribution in [0.4, 0.5) is 0 Å². The van der Waals surface area contributed by atoms with Crippen molar-refractivity contribution in [1.29, 1.82) is 0 Å². The number of hydrogen-bond acceptors (Lipinski definition) is 2. The number of hydrogen-bond donors (Lipinski definition) is 1. The zero-order chi connectivity index (χ0) is 6.10. The van der Waals surface area contributed by atoms with Gasteiger partial charge in [0.1, 0.15) is 5.88 Å². The Labute approximate surface area is 59.2 Å². The normalized spacial score (nSPS) is 39.1. The Balaban J connectivity index is 2.18. The molecule has 1 N–H and O–H groups in total. The summed E-state index contributed by atoms with van der Waals surface area (Å²) in [6.45, 7) is 0. The van der Waals surface area contributed by atoms with E-state index in [0.717, 1.165) is 0 Å². The first kappa shape index (κ1) is 5.57. The molecule has 0 amide bonds. The lowest BCUT2D eigenvalue weighted by Crippen LogP contribution is -2.26. The van der Waals surface area contributed by atoms with Gasteiger partial charge >= 0.3 is 0 Å². The minimum Gasteiger partial charge on any atom is -0.290 e. The summed E-state index contributed by atoms with van der Waals surface area (Å²) in [6, 6.07) is 0.500. The lowest BCUT2D eigenvalue weighted by atomic mass is 10.1. The molecule has 2 aliphatic rings. The molecule has 0 saturated carbocycles. The molecule has 2 radical (unpaired) electrons. The monoisotopic (exact) mass is 137 g/mol. The van der Waals surface area contributed by atoms with Crippen molar-refractivity contribution < 1.29 is 0 Å². The van der Waals surface area contributed by atoms with Gasteiger partial charge in [0, 0.05) is 11.3 Å². The number of fused-ring (bicyclic) bond motifs is 1. The number of nitrogens with one attached hydrogen (secondary N) is 1. The minimum absolute atomic E-state index is 0.500. The molecule has 2 rings (SSSR count). The number of rotatable bonds is 0. The van der Waals surface area contributed by atoms with Gasteiger partial charge in [-0.25, -0.2) is 0 Å². The van der Waals surface area contributed by atoms with Crippen molar-refractivity contribution in [2.45, 2.75) is 11.3 Å². The van der Waals surface area contributed by atoms with Gasteiger partial charge in [-0.3, -0.25) is 5.32 Å². The van der Waals surface area contributed by atoms with E-state index in [4.69, 9.17) is 0 Å². The van der Waals surface area contributed by atoms with Gasteiger partial charge in [-0.1, -0.05) is 24.3 Å². The summed E-state index contributed by atoms with van der Waals surface area (Å²) >= 11 is 1.73. The van der Waals surface area contributed by atoms with Gasteiger partial charge in [0.15, 0.2) is 0 Å². The maximum atomic E-state index is 3.13. The largest absolute Gasteiger partial charge is 0.290 e. The average molecular weight is 137 g/mol. The Morgan fingerprint density at radius 2 is 2.22 bits per heavy atom. The smallest absolute Gasteiger partial charge is 0.127 e. The predicted molar refractivity (Wildman–Crippen MR) is 39.8 cm³/mol. The van der Waals surface area contributed by atoms with Crippen LogP contribution in [0.3, 0.4) is 0 Å². The van der Waals surface area contributed by atoms with E-state index < -0.39 is 0 Å². The lowest BCUT2D eigenvalue weighted by molar-refractivity contribution is 0.735. The van der Waals surface area contributed by atoms with Crippen molar-refractivity contribution in [3.05, 3.63) is 30.2 Å². The summed E-state index contributed by atoms with van der Waals surface area (Å²) in [7, 11) is 0. The Morgan fingerprint density at radius 1 is 1.33 bits per heavy atom. The molecule has 1 aliphatic heterocycles. The fraction of sp³-hybridized carbons (Fsp3) is 0.286. The molecule has 2 heteroatoms. The SMILES string of the molecule is [C]1NC2C=CC=CC2S1. The lowest BCUT2D eigenvalue weighted by Gasteiger charge is -2.12. The maximum absolute atomic E-state index is 3.13. The Morgan fingerprint density at radius 3 is 3.11 bits per heavy atom. The van der Waals surface area contributed by atoms with Crippen molar-refractivity contribution in [2.24, 2.45) is 0 Å². The second kappa shape index (κ2) is 2.20. The van der Waals surface area contributed by atoms with Crippen LogP contribution >= 0.6 is 11.8 Å². The molecule has 1 nitrogen and oxygen atoms in total. The van der Waals surface area contributed by atoms with Crippen LogP contribution in [-0.4, -0.2) is 11.3 Å². The Kier molecular flexibility index (Phi) is 1.36. The highest BCUT2D eigenvalue weighted by atomic mass is 32.2. The molecule has 1 saturated heterocycles. The topological polar surface area (TPSA) is 12.0 Å². The zero-order valence-electron chi connectivity index (χ0n) is 4.87. The second-order valence-corrected chi connectivity index (χ2v) is 3.11. The molecule has 0 aromatic carbocycles. The third-order valence-corrected chi connectivity index (χ3v) is 2.46. The van der Waals surface area contributed by atoms with Crippen molar-refractivity contribution >= 4 is 11.8 Å². The van der Waals surface area contributed by atoms with E-state index in [9.17, 15) is 0 Å². The van der Waals surface area contributed by atoms with Gasteiger partial charge in [-0.15, -0.1) is 11.8 Å². The first-order valence-electron chi connectivity index (χ1n) is 2.98. The van der Waals surface area contributed by atoms with Gasteiger partial charge in [0.05, 0.1) is 0 Å². The molecule has 1 fully saturated rings. The highest BCUT2D eigenvalue weighted by Gasteiger charge is 2.24. The van der Waals surface area contributed by atoms with Crippen molar-refractivity contribution in [3.8, 4) is 0 Å². The molecule has 0 spiro atoms. The fourth-order valence-corrected chi connectivity index (χ4v) is 1.81. The third kappa shape index (κ3) is 0.926. The highest BCUT2D eigenvalue weighted by Crippen LogP contribution is 2.27. The van der Waals surface area contributed by atoms with E-state index in [1.54, 1.807) is 11.8 Å². The van der Waals surface area contributed by atoms with Crippen molar-refractivity contribution in [3.63, 3.8) is 0 Å². The van der Waals surface area contributed by atoms with Crippen molar-refractivity contribution in [1.82, 2.24) is 5.32 Å². The molecular formula is C7H7NS. The molecular weight excluding hydrogens is 130 g/mol. The summed E-state index contributed by atoms with van der Waals surface area (Å²) in [5.74, 6) is 3.03. The first-order valence-corrected chi connectivity index (χ1v) is 3.86. The van der Waals surface area contributed by atoms with E-state index in [1.807, 2.05) is 0 Å². The molecule has 1 heterocycles. The number of allylic oxidation sites excluding steroid dienone is 2. The van der Waals surface area contributed by atoms with Crippen LogP contribution in [0.5, 0.6) is 0 Å². The average Bonchev–Trinajstić information content (AvgIpc) is 2.33. The molecule has 0 bridgehead atoms. The van der Waals surface area contributed by atoms with E-state index in [-0.39, 0.29) is 0 Å². The van der Waals surface area contributed by atoms with Gasteiger partial charge < -0.3 is 0 Å². The van der Waals surface area contributed by atoms with Crippen LogP contribution in [0.1, 0.15) is 0 Å². The molecule has 2 unspecified atom stereocenters. The highest BCUT2D eigenvalue weighted by molar-refractivity contribution is 8.02. The summed E-state index contributed by atoms with van der Waals surface area (Å²) in [5, 5.41) is 3.73.